The Bertz CT molecular complexity index is 1440. The standard InChI is InChI=1S/C23H25N7O5S/c31-20(18-10-6-7-16-15-27-29-19(16)18)28-23(21(32)33,11-4-5-12-24-22-25-13-14-26-22)30-36(34,35)17-8-2-1-3-9-17/h1-3,6-10,13-15,30H,4-5,11-12H2,(H,27,29)(H,28,31)(H,32,33)(H2,24,25,26). The molecule has 0 saturated heterocycles. The van der Waals surface area contributed by atoms with Gasteiger partial charge in [-0.15, -0.1) is 0 Å². The molecule has 0 aliphatic carbocycles. The molecule has 1 amide bonds. The predicted molar refractivity (Wildman–Crippen MR) is 132 cm³/mol. The lowest BCUT2D eigenvalue weighted by atomic mass is 10.0. The molecule has 0 saturated carbocycles. The van der Waals surface area contributed by atoms with Gasteiger partial charge >= 0.3 is 5.97 Å². The number of amides is 1. The van der Waals surface area contributed by atoms with Gasteiger partial charge in [0.2, 0.25) is 15.7 Å². The van der Waals surface area contributed by atoms with E-state index >= 15 is 0 Å². The van der Waals surface area contributed by atoms with Crippen molar-refractivity contribution in [3.8, 4) is 0 Å². The number of anilines is 1. The summed E-state index contributed by atoms with van der Waals surface area (Å²) in [5, 5.41) is 23.0. The second-order valence-electron chi connectivity index (χ2n) is 8.04. The lowest BCUT2D eigenvalue weighted by Crippen LogP contribution is -2.65. The van der Waals surface area contributed by atoms with E-state index in [0.717, 1.165) is 0 Å². The zero-order chi connectivity index (χ0) is 25.6. The van der Waals surface area contributed by atoms with Crippen LogP contribution in [0.15, 0.2) is 72.0 Å². The van der Waals surface area contributed by atoms with Crippen molar-refractivity contribution in [2.24, 2.45) is 0 Å². The Kier molecular flexibility index (Phi) is 7.31. The van der Waals surface area contributed by atoms with E-state index in [1.165, 1.54) is 36.5 Å². The fraction of sp³-hybridized carbons (Fsp3) is 0.217. The maximum Gasteiger partial charge on any atom is 0.345 e. The second kappa shape index (κ2) is 10.6. The Morgan fingerprint density at radius 3 is 2.58 bits per heavy atom. The van der Waals surface area contributed by atoms with E-state index in [1.54, 1.807) is 30.6 Å². The molecule has 188 valence electrons. The van der Waals surface area contributed by atoms with Crippen molar-refractivity contribution < 1.29 is 23.1 Å². The van der Waals surface area contributed by atoms with Crippen LogP contribution in [0.25, 0.3) is 10.9 Å². The molecule has 0 fully saturated rings. The number of unbranched alkanes of at least 4 members (excludes halogenated alkanes) is 1. The summed E-state index contributed by atoms with van der Waals surface area (Å²) in [4.78, 5) is 32.6. The maximum absolute atomic E-state index is 13.3. The minimum Gasteiger partial charge on any atom is -0.478 e. The van der Waals surface area contributed by atoms with Gasteiger partial charge in [0.25, 0.3) is 5.91 Å². The van der Waals surface area contributed by atoms with Crippen LogP contribution in [0.4, 0.5) is 5.95 Å². The van der Waals surface area contributed by atoms with Crippen LogP contribution >= 0.6 is 0 Å². The minimum absolute atomic E-state index is 0.125. The Morgan fingerprint density at radius 1 is 1.06 bits per heavy atom. The highest BCUT2D eigenvalue weighted by Gasteiger charge is 2.44. The van der Waals surface area contributed by atoms with Gasteiger partial charge in [-0.3, -0.25) is 9.89 Å². The summed E-state index contributed by atoms with van der Waals surface area (Å²) in [5.41, 5.74) is -1.77. The van der Waals surface area contributed by atoms with Crippen molar-refractivity contribution in [3.05, 3.63) is 72.7 Å². The van der Waals surface area contributed by atoms with Gasteiger partial charge in [-0.05, 0) is 37.5 Å². The smallest absolute Gasteiger partial charge is 0.345 e. The number of carbonyl (C=O) groups excluding carboxylic acids is 1. The third kappa shape index (κ3) is 5.53. The number of fused-ring (bicyclic) bond motifs is 1. The molecule has 4 aromatic rings. The molecule has 0 spiro atoms. The van der Waals surface area contributed by atoms with Crippen molar-refractivity contribution in [2.45, 2.75) is 29.8 Å². The van der Waals surface area contributed by atoms with Crippen LogP contribution < -0.4 is 15.4 Å². The number of nitrogens with zero attached hydrogens (tertiary/aromatic N) is 2. The fourth-order valence-corrected chi connectivity index (χ4v) is 5.07. The Morgan fingerprint density at radius 2 is 1.86 bits per heavy atom. The van der Waals surface area contributed by atoms with Crippen LogP contribution in [-0.4, -0.2) is 57.8 Å². The van der Waals surface area contributed by atoms with Gasteiger partial charge in [-0.1, -0.05) is 30.3 Å². The number of benzene rings is 2. The monoisotopic (exact) mass is 511 g/mol. The number of nitrogens with one attached hydrogen (secondary N) is 5. The molecule has 2 aromatic heterocycles. The van der Waals surface area contributed by atoms with E-state index in [0.29, 0.717) is 29.8 Å². The van der Waals surface area contributed by atoms with Gasteiger partial charge in [-0.2, -0.15) is 9.82 Å². The van der Waals surface area contributed by atoms with E-state index in [9.17, 15) is 23.1 Å². The van der Waals surface area contributed by atoms with Crippen LogP contribution in [0.5, 0.6) is 0 Å². The number of hydrogen-bond donors (Lipinski definition) is 6. The lowest BCUT2D eigenvalue weighted by molar-refractivity contribution is -0.145. The number of aromatic amines is 2. The van der Waals surface area contributed by atoms with Gasteiger partial charge in [0.1, 0.15) is 0 Å². The fourth-order valence-electron chi connectivity index (χ4n) is 3.73. The Hall–Kier alpha value is -4.23. The average molecular weight is 512 g/mol. The van der Waals surface area contributed by atoms with Crippen LogP contribution in [0, 0.1) is 0 Å². The van der Waals surface area contributed by atoms with Crippen LogP contribution in [0.1, 0.15) is 29.6 Å². The van der Waals surface area contributed by atoms with Crippen LogP contribution in [0.3, 0.4) is 0 Å². The molecule has 4 rings (SSSR count). The largest absolute Gasteiger partial charge is 0.478 e. The molecule has 36 heavy (non-hydrogen) atoms. The van der Waals surface area contributed by atoms with Gasteiger partial charge in [0.05, 0.1) is 22.2 Å². The van der Waals surface area contributed by atoms with Gasteiger partial charge in [0, 0.05) is 24.3 Å². The Labute approximate surface area is 206 Å². The summed E-state index contributed by atoms with van der Waals surface area (Å²) >= 11 is 0. The number of rotatable bonds is 12. The van der Waals surface area contributed by atoms with Crippen molar-refractivity contribution >= 4 is 38.8 Å². The first-order valence-corrected chi connectivity index (χ1v) is 12.6. The highest BCUT2D eigenvalue weighted by molar-refractivity contribution is 7.89. The second-order valence-corrected chi connectivity index (χ2v) is 9.73. The van der Waals surface area contributed by atoms with E-state index in [-0.39, 0.29) is 23.3 Å². The number of carbonyl (C=O) groups is 2. The molecule has 1 unspecified atom stereocenters. The normalized spacial score (nSPS) is 13.2. The maximum atomic E-state index is 13.3. The highest BCUT2D eigenvalue weighted by Crippen LogP contribution is 2.21. The molecule has 13 heteroatoms. The molecule has 12 nitrogen and oxygen atoms in total. The van der Waals surface area contributed by atoms with Crippen molar-refractivity contribution in [1.29, 1.82) is 0 Å². The quantitative estimate of drug-likeness (QED) is 0.123. The number of para-hydroxylation sites is 1. The van der Waals surface area contributed by atoms with E-state index < -0.39 is 27.6 Å². The lowest BCUT2D eigenvalue weighted by Gasteiger charge is -2.31. The molecular formula is C23H25N7O5S. The number of carboxylic acid groups (broad SMARTS) is 1. The first-order valence-electron chi connectivity index (χ1n) is 11.1. The summed E-state index contributed by atoms with van der Waals surface area (Å²) in [5.74, 6) is -1.74. The van der Waals surface area contributed by atoms with Crippen LogP contribution in [-0.2, 0) is 14.8 Å². The summed E-state index contributed by atoms with van der Waals surface area (Å²) in [6.07, 6.45) is 5.32. The third-order valence-electron chi connectivity index (χ3n) is 5.54. The number of aliphatic carboxylic acids is 1. The number of sulfonamides is 1. The van der Waals surface area contributed by atoms with Gasteiger partial charge in [-0.25, -0.2) is 18.2 Å². The van der Waals surface area contributed by atoms with Crippen molar-refractivity contribution in [3.63, 3.8) is 0 Å². The molecular weight excluding hydrogens is 486 g/mol. The van der Waals surface area contributed by atoms with E-state index in [2.05, 4.69) is 35.5 Å². The summed E-state index contributed by atoms with van der Waals surface area (Å²) < 4.78 is 28.5. The number of aromatic nitrogens is 4. The average Bonchev–Trinajstić information content (AvgIpc) is 3.56. The zero-order valence-electron chi connectivity index (χ0n) is 19.1. The number of hydrogen-bond acceptors (Lipinski definition) is 7. The van der Waals surface area contributed by atoms with Gasteiger partial charge in [0.15, 0.2) is 5.95 Å². The van der Waals surface area contributed by atoms with Crippen molar-refractivity contribution in [1.82, 2.24) is 30.2 Å². The Balaban J connectivity index is 1.59. The third-order valence-corrected chi connectivity index (χ3v) is 7.05. The molecule has 2 aromatic carbocycles. The van der Waals surface area contributed by atoms with E-state index in [1.807, 2.05) is 0 Å². The summed E-state index contributed by atoms with van der Waals surface area (Å²) in [6.45, 7) is 0.454. The molecule has 6 N–H and O–H groups in total. The molecule has 2 heterocycles. The number of carboxylic acids is 1. The number of H-pyrrole nitrogens is 2. The van der Waals surface area contributed by atoms with Gasteiger partial charge < -0.3 is 20.7 Å². The topological polar surface area (TPSA) is 182 Å². The molecule has 0 aliphatic heterocycles. The molecule has 0 radical (unpaired) electrons. The molecule has 0 aliphatic rings. The minimum atomic E-state index is -4.30. The summed E-state index contributed by atoms with van der Waals surface area (Å²) in [7, 11) is -4.30. The first-order chi connectivity index (χ1) is 17.3. The SMILES string of the molecule is O=C(NC(CCCCNc1ncc[nH]1)(NS(=O)(=O)c1ccccc1)C(=O)O)c1cccc2cn[nH]c12. The zero-order valence-corrected chi connectivity index (χ0v) is 19.9. The molecule has 1 atom stereocenters. The summed E-state index contributed by atoms with van der Waals surface area (Å²) in [6, 6.07) is 12.2. The van der Waals surface area contributed by atoms with Crippen LogP contribution in [0.2, 0.25) is 0 Å². The first kappa shape index (κ1) is 24.9. The predicted octanol–water partition coefficient (Wildman–Crippen LogP) is 2.06. The number of imidazole rings is 1. The van der Waals surface area contributed by atoms with Crippen molar-refractivity contribution in [2.75, 3.05) is 11.9 Å². The highest BCUT2D eigenvalue weighted by atomic mass is 32.2. The van der Waals surface area contributed by atoms with E-state index in [4.69, 9.17) is 0 Å². The molecule has 0 bridgehead atoms.